The number of piperazine rings is 1. The highest BCUT2D eigenvalue weighted by molar-refractivity contribution is 5.95. The van der Waals surface area contributed by atoms with Crippen molar-refractivity contribution in [2.45, 2.75) is 26.2 Å². The van der Waals surface area contributed by atoms with E-state index in [0.29, 0.717) is 49.7 Å². The number of benzene rings is 2. The van der Waals surface area contributed by atoms with E-state index in [1.54, 1.807) is 20.5 Å². The lowest BCUT2D eigenvalue weighted by Gasteiger charge is -2.34. The van der Waals surface area contributed by atoms with E-state index >= 15 is 0 Å². The molecule has 3 heterocycles. The number of aromatic nitrogens is 3. The molecular weight excluding hydrogens is 425 g/mol. The van der Waals surface area contributed by atoms with Gasteiger partial charge >= 0.3 is 0 Å². The fourth-order valence-corrected chi connectivity index (χ4v) is 4.23. The molecule has 33 heavy (non-hydrogen) atoms. The number of halogens is 1. The second-order valence-corrected chi connectivity index (χ2v) is 8.37. The Morgan fingerprint density at radius 1 is 1.00 bits per heavy atom. The summed E-state index contributed by atoms with van der Waals surface area (Å²) in [5.74, 6) is -0.900. The number of amides is 2. The third kappa shape index (κ3) is 4.23. The number of rotatable bonds is 3. The second kappa shape index (κ2) is 8.74. The van der Waals surface area contributed by atoms with Crippen molar-refractivity contribution in [3.63, 3.8) is 0 Å². The van der Waals surface area contributed by atoms with Gasteiger partial charge in [0.15, 0.2) is 5.69 Å². The summed E-state index contributed by atoms with van der Waals surface area (Å²) in [5, 5.41) is 8.34. The molecule has 0 saturated carbocycles. The van der Waals surface area contributed by atoms with Gasteiger partial charge in [0, 0.05) is 31.7 Å². The van der Waals surface area contributed by atoms with Gasteiger partial charge in [0.2, 0.25) is 0 Å². The van der Waals surface area contributed by atoms with E-state index < -0.39 is 5.82 Å². The lowest BCUT2D eigenvalue weighted by Crippen LogP contribution is -2.50. The van der Waals surface area contributed by atoms with Gasteiger partial charge in [-0.25, -0.2) is 9.07 Å². The van der Waals surface area contributed by atoms with E-state index in [1.165, 1.54) is 23.8 Å². The normalized spacial score (nSPS) is 18.2. The molecule has 0 N–H and O–H groups in total. The van der Waals surface area contributed by atoms with Gasteiger partial charge < -0.3 is 14.5 Å². The summed E-state index contributed by atoms with van der Waals surface area (Å²) in [6, 6.07) is 13.8. The molecule has 2 aliphatic heterocycles. The lowest BCUT2D eigenvalue weighted by atomic mass is 10.1. The molecule has 170 valence electrons. The first-order valence-electron chi connectivity index (χ1n) is 10.9. The first kappa shape index (κ1) is 21.3. The van der Waals surface area contributed by atoms with Crippen molar-refractivity contribution >= 4 is 11.8 Å². The zero-order valence-corrected chi connectivity index (χ0v) is 18.3. The summed E-state index contributed by atoms with van der Waals surface area (Å²) in [6.07, 6.45) is -0.139. The van der Waals surface area contributed by atoms with Crippen LogP contribution in [0.3, 0.4) is 0 Å². The summed E-state index contributed by atoms with van der Waals surface area (Å²) in [6.45, 7) is 4.28. The highest BCUT2D eigenvalue weighted by Crippen LogP contribution is 2.27. The summed E-state index contributed by atoms with van der Waals surface area (Å²) in [7, 11) is 0. The van der Waals surface area contributed by atoms with Crippen LogP contribution in [0.15, 0.2) is 48.5 Å². The lowest BCUT2D eigenvalue weighted by molar-refractivity contribution is -0.00203. The smallest absolute Gasteiger partial charge is 0.276 e. The van der Waals surface area contributed by atoms with Crippen LogP contribution in [0.4, 0.5) is 4.39 Å². The number of hydrogen-bond donors (Lipinski definition) is 0. The summed E-state index contributed by atoms with van der Waals surface area (Å²) in [4.78, 5) is 29.0. The van der Waals surface area contributed by atoms with E-state index in [0.717, 1.165) is 5.56 Å². The van der Waals surface area contributed by atoms with E-state index in [2.05, 4.69) is 10.3 Å². The maximum absolute atomic E-state index is 13.4. The Bertz CT molecular complexity index is 1190. The van der Waals surface area contributed by atoms with Crippen LogP contribution in [-0.2, 0) is 17.9 Å². The molecule has 0 spiro atoms. The number of carbonyl (C=O) groups excluding carboxylic acids is 2. The average molecular weight is 449 g/mol. The van der Waals surface area contributed by atoms with E-state index in [4.69, 9.17) is 4.74 Å². The first-order chi connectivity index (χ1) is 16.0. The fourth-order valence-electron chi connectivity index (χ4n) is 4.23. The Kier molecular flexibility index (Phi) is 5.63. The van der Waals surface area contributed by atoms with Crippen LogP contribution in [0.2, 0.25) is 0 Å². The third-order valence-electron chi connectivity index (χ3n) is 6.17. The molecule has 0 aliphatic carbocycles. The standard InChI is InChI=1S/C24H24FN5O3/c1-16-5-7-17(8-6-16)21-14-30-20(15-33-21)22(26-27-30)24(32)29-11-9-28(10-12-29)23(31)18-3-2-4-19(25)13-18/h2-8,13,21H,9-12,14-15H2,1H3/t21-/m0/s1. The second-order valence-electron chi connectivity index (χ2n) is 8.37. The predicted molar refractivity (Wildman–Crippen MR) is 117 cm³/mol. The van der Waals surface area contributed by atoms with Gasteiger partial charge in [-0.1, -0.05) is 41.1 Å². The maximum Gasteiger partial charge on any atom is 0.276 e. The van der Waals surface area contributed by atoms with Gasteiger partial charge in [0.25, 0.3) is 11.8 Å². The largest absolute Gasteiger partial charge is 0.365 e. The molecule has 0 bridgehead atoms. The van der Waals surface area contributed by atoms with Crippen LogP contribution in [0.5, 0.6) is 0 Å². The first-order valence-corrected chi connectivity index (χ1v) is 10.9. The van der Waals surface area contributed by atoms with Gasteiger partial charge in [0.1, 0.15) is 11.9 Å². The number of carbonyl (C=O) groups is 2. The number of ether oxygens (including phenoxy) is 1. The van der Waals surface area contributed by atoms with Crippen molar-refractivity contribution in [1.29, 1.82) is 0 Å². The molecule has 5 rings (SSSR count). The maximum atomic E-state index is 13.4. The predicted octanol–water partition coefficient (Wildman–Crippen LogP) is 2.60. The zero-order chi connectivity index (χ0) is 22.9. The minimum atomic E-state index is -0.446. The molecule has 2 aromatic carbocycles. The molecular formula is C24H24FN5O3. The minimum Gasteiger partial charge on any atom is -0.365 e. The van der Waals surface area contributed by atoms with Crippen LogP contribution in [-0.4, -0.2) is 62.8 Å². The minimum absolute atomic E-state index is 0.139. The van der Waals surface area contributed by atoms with Gasteiger partial charge in [-0.2, -0.15) is 0 Å². The van der Waals surface area contributed by atoms with Gasteiger partial charge in [0.05, 0.1) is 18.8 Å². The van der Waals surface area contributed by atoms with Crippen LogP contribution in [0.25, 0.3) is 0 Å². The summed E-state index contributed by atoms with van der Waals surface area (Å²) >= 11 is 0. The monoisotopic (exact) mass is 449 g/mol. The molecule has 9 heteroatoms. The van der Waals surface area contributed by atoms with E-state index in [9.17, 15) is 14.0 Å². The quantitative estimate of drug-likeness (QED) is 0.614. The van der Waals surface area contributed by atoms with Gasteiger partial charge in [-0.05, 0) is 30.7 Å². The summed E-state index contributed by atoms with van der Waals surface area (Å²) in [5.41, 5.74) is 3.52. The number of hydrogen-bond acceptors (Lipinski definition) is 5. The Balaban J connectivity index is 1.23. The molecule has 3 aromatic rings. The van der Waals surface area contributed by atoms with Crippen molar-refractivity contribution in [2.24, 2.45) is 0 Å². The van der Waals surface area contributed by atoms with Crippen molar-refractivity contribution < 1.29 is 18.7 Å². The Morgan fingerprint density at radius 3 is 2.39 bits per heavy atom. The Morgan fingerprint density at radius 2 is 1.70 bits per heavy atom. The van der Waals surface area contributed by atoms with Crippen LogP contribution >= 0.6 is 0 Å². The summed E-state index contributed by atoms with van der Waals surface area (Å²) < 4.78 is 21.2. The van der Waals surface area contributed by atoms with E-state index in [1.807, 2.05) is 31.2 Å². The number of fused-ring (bicyclic) bond motifs is 1. The molecule has 1 atom stereocenters. The highest BCUT2D eigenvalue weighted by atomic mass is 19.1. The van der Waals surface area contributed by atoms with Gasteiger partial charge in [-0.3, -0.25) is 9.59 Å². The average Bonchev–Trinajstić information content (AvgIpc) is 3.27. The molecule has 1 saturated heterocycles. The van der Waals surface area contributed by atoms with Crippen molar-refractivity contribution in [3.8, 4) is 0 Å². The molecule has 0 radical (unpaired) electrons. The number of aryl methyl sites for hydroxylation is 1. The van der Waals surface area contributed by atoms with Crippen molar-refractivity contribution in [3.05, 3.63) is 82.4 Å². The Hall–Kier alpha value is -3.59. The van der Waals surface area contributed by atoms with Gasteiger partial charge in [-0.15, -0.1) is 5.10 Å². The zero-order valence-electron chi connectivity index (χ0n) is 18.3. The third-order valence-corrected chi connectivity index (χ3v) is 6.17. The highest BCUT2D eigenvalue weighted by Gasteiger charge is 2.32. The topological polar surface area (TPSA) is 80.6 Å². The van der Waals surface area contributed by atoms with Crippen LogP contribution in [0.1, 0.15) is 43.8 Å². The van der Waals surface area contributed by atoms with E-state index in [-0.39, 0.29) is 24.5 Å². The molecule has 1 fully saturated rings. The molecule has 2 aliphatic rings. The molecule has 2 amide bonds. The number of nitrogens with zero attached hydrogens (tertiary/aromatic N) is 5. The fraction of sp³-hybridized carbons (Fsp3) is 0.333. The van der Waals surface area contributed by atoms with Crippen molar-refractivity contribution in [1.82, 2.24) is 24.8 Å². The molecule has 8 nitrogen and oxygen atoms in total. The molecule has 0 unspecified atom stereocenters. The van der Waals surface area contributed by atoms with Crippen LogP contribution < -0.4 is 0 Å². The van der Waals surface area contributed by atoms with Crippen molar-refractivity contribution in [2.75, 3.05) is 26.2 Å². The SMILES string of the molecule is Cc1ccc([C@@H]2Cn3nnc(C(=O)N4CCN(C(=O)c5cccc(F)c5)CC4)c3CO2)cc1. The molecule has 1 aromatic heterocycles. The Labute approximate surface area is 190 Å². The van der Waals surface area contributed by atoms with Crippen LogP contribution in [0, 0.1) is 12.7 Å².